The minimum Gasteiger partial charge on any atom is -0.341 e. The Hall–Kier alpha value is -0.480. The van der Waals surface area contributed by atoms with Crippen LogP contribution in [0.1, 0.15) is 5.82 Å². The lowest BCUT2D eigenvalue weighted by atomic mass is 10.3. The van der Waals surface area contributed by atoms with E-state index in [1.165, 1.54) is 0 Å². The van der Waals surface area contributed by atoms with Crippen molar-refractivity contribution in [2.24, 2.45) is 0 Å². The summed E-state index contributed by atoms with van der Waals surface area (Å²) in [6, 6.07) is 5.63. The lowest BCUT2D eigenvalue weighted by Crippen LogP contribution is -2.06. The summed E-state index contributed by atoms with van der Waals surface area (Å²) in [5.41, 5.74) is 1.94. The van der Waals surface area contributed by atoms with Crippen LogP contribution in [0.2, 0.25) is 5.02 Å². The number of hydrogen-bond donors (Lipinski definition) is 2. The number of nitrogens with one attached hydrogen (secondary N) is 2. The highest BCUT2D eigenvalue weighted by molar-refractivity contribution is 6.31. The van der Waals surface area contributed by atoms with E-state index in [1.807, 2.05) is 25.2 Å². The van der Waals surface area contributed by atoms with Gasteiger partial charge in [-0.25, -0.2) is 4.98 Å². The SMILES string of the molecule is CNCc1nc2ccc(Cl)cc2[nH]1.Cl.Cl. The molecule has 0 bridgehead atoms. The molecule has 84 valence electrons. The van der Waals surface area contributed by atoms with Gasteiger partial charge < -0.3 is 10.3 Å². The third-order valence-electron chi connectivity index (χ3n) is 1.84. The Morgan fingerprint density at radius 3 is 2.80 bits per heavy atom. The first-order chi connectivity index (χ1) is 6.29. The van der Waals surface area contributed by atoms with Crippen molar-refractivity contribution < 1.29 is 0 Å². The molecule has 0 aliphatic rings. The molecule has 2 N–H and O–H groups in total. The first-order valence-corrected chi connectivity index (χ1v) is 4.46. The molecule has 1 aromatic heterocycles. The van der Waals surface area contributed by atoms with Crippen molar-refractivity contribution in [3.8, 4) is 0 Å². The lowest BCUT2D eigenvalue weighted by molar-refractivity contribution is 0.775. The molecule has 0 saturated heterocycles. The minimum atomic E-state index is 0. The van der Waals surface area contributed by atoms with Crippen molar-refractivity contribution in [2.45, 2.75) is 6.54 Å². The maximum atomic E-state index is 5.84. The fraction of sp³-hybridized carbons (Fsp3) is 0.222. The first kappa shape index (κ1) is 14.5. The number of fused-ring (bicyclic) bond motifs is 1. The van der Waals surface area contributed by atoms with E-state index in [9.17, 15) is 0 Å². The highest BCUT2D eigenvalue weighted by atomic mass is 35.5. The molecule has 1 aromatic carbocycles. The summed E-state index contributed by atoms with van der Waals surface area (Å²) < 4.78 is 0. The van der Waals surface area contributed by atoms with Crippen LogP contribution in [0.15, 0.2) is 18.2 Å². The van der Waals surface area contributed by atoms with Crippen LogP contribution < -0.4 is 5.32 Å². The van der Waals surface area contributed by atoms with Crippen molar-refractivity contribution in [1.29, 1.82) is 0 Å². The average Bonchev–Trinajstić information content (AvgIpc) is 2.46. The van der Waals surface area contributed by atoms with E-state index in [2.05, 4.69) is 15.3 Å². The largest absolute Gasteiger partial charge is 0.341 e. The van der Waals surface area contributed by atoms with Gasteiger partial charge in [0.2, 0.25) is 0 Å². The van der Waals surface area contributed by atoms with Crippen LogP contribution in [0.4, 0.5) is 0 Å². The molecule has 2 rings (SSSR count). The van der Waals surface area contributed by atoms with Crippen LogP contribution in [0, 0.1) is 0 Å². The Morgan fingerprint density at radius 1 is 1.40 bits per heavy atom. The molecule has 1 heterocycles. The second-order valence-electron chi connectivity index (χ2n) is 2.88. The van der Waals surface area contributed by atoms with E-state index in [-0.39, 0.29) is 24.8 Å². The first-order valence-electron chi connectivity index (χ1n) is 4.08. The monoisotopic (exact) mass is 267 g/mol. The summed E-state index contributed by atoms with van der Waals surface area (Å²) in [5, 5.41) is 3.76. The Morgan fingerprint density at radius 2 is 2.13 bits per heavy atom. The normalized spacial score (nSPS) is 9.47. The number of rotatable bonds is 2. The lowest BCUT2D eigenvalue weighted by Gasteiger charge is -1.90. The molecule has 0 spiro atoms. The van der Waals surface area contributed by atoms with Crippen molar-refractivity contribution in [2.75, 3.05) is 7.05 Å². The number of benzene rings is 1. The predicted molar refractivity (Wildman–Crippen MR) is 68.4 cm³/mol. The second-order valence-corrected chi connectivity index (χ2v) is 3.31. The van der Waals surface area contributed by atoms with Gasteiger partial charge in [0.05, 0.1) is 17.6 Å². The summed E-state index contributed by atoms with van der Waals surface area (Å²) in [5.74, 6) is 0.930. The number of nitrogens with zero attached hydrogens (tertiary/aromatic N) is 1. The topological polar surface area (TPSA) is 40.7 Å². The molecule has 0 aliphatic heterocycles. The van der Waals surface area contributed by atoms with Gasteiger partial charge in [0.1, 0.15) is 5.82 Å². The highest BCUT2D eigenvalue weighted by Crippen LogP contribution is 2.16. The van der Waals surface area contributed by atoms with Gasteiger partial charge in [-0.1, -0.05) is 11.6 Å². The van der Waals surface area contributed by atoms with E-state index in [0.717, 1.165) is 28.4 Å². The van der Waals surface area contributed by atoms with Crippen molar-refractivity contribution in [3.63, 3.8) is 0 Å². The van der Waals surface area contributed by atoms with Gasteiger partial charge in [0.15, 0.2) is 0 Å². The summed E-state index contributed by atoms with van der Waals surface area (Å²) in [6.45, 7) is 0.742. The van der Waals surface area contributed by atoms with E-state index >= 15 is 0 Å². The number of aromatic nitrogens is 2. The maximum Gasteiger partial charge on any atom is 0.121 e. The number of aromatic amines is 1. The molecule has 0 unspecified atom stereocenters. The van der Waals surface area contributed by atoms with Crippen molar-refractivity contribution in [3.05, 3.63) is 29.0 Å². The van der Waals surface area contributed by atoms with Gasteiger partial charge in [0, 0.05) is 5.02 Å². The predicted octanol–water partition coefficient (Wildman–Crippen LogP) is 2.78. The average molecular weight is 269 g/mol. The summed E-state index contributed by atoms with van der Waals surface area (Å²) in [6.07, 6.45) is 0. The fourth-order valence-electron chi connectivity index (χ4n) is 1.29. The van der Waals surface area contributed by atoms with Crippen molar-refractivity contribution in [1.82, 2.24) is 15.3 Å². The van der Waals surface area contributed by atoms with Crippen LogP contribution in [0.3, 0.4) is 0 Å². The Bertz CT molecular complexity index is 427. The van der Waals surface area contributed by atoms with E-state index in [4.69, 9.17) is 11.6 Å². The quantitative estimate of drug-likeness (QED) is 0.879. The number of imidazole rings is 1. The van der Waals surface area contributed by atoms with Gasteiger partial charge in [-0.2, -0.15) is 0 Å². The molecule has 3 nitrogen and oxygen atoms in total. The van der Waals surface area contributed by atoms with E-state index in [1.54, 1.807) is 0 Å². The van der Waals surface area contributed by atoms with Gasteiger partial charge in [-0.15, -0.1) is 24.8 Å². The fourth-order valence-corrected chi connectivity index (χ4v) is 1.46. The number of H-pyrrole nitrogens is 1. The molecular formula is C9H12Cl3N3. The van der Waals surface area contributed by atoms with Gasteiger partial charge in [0.25, 0.3) is 0 Å². The number of halogens is 3. The minimum absolute atomic E-state index is 0. The Balaban J connectivity index is 0.000000980. The maximum absolute atomic E-state index is 5.84. The van der Waals surface area contributed by atoms with E-state index < -0.39 is 0 Å². The molecule has 0 amide bonds. The van der Waals surface area contributed by atoms with Crippen molar-refractivity contribution >= 4 is 47.4 Å². The molecular weight excluding hydrogens is 256 g/mol. The van der Waals surface area contributed by atoms with Crippen LogP contribution in [0.25, 0.3) is 11.0 Å². The van der Waals surface area contributed by atoms with Gasteiger partial charge >= 0.3 is 0 Å². The summed E-state index contributed by atoms with van der Waals surface area (Å²) in [4.78, 5) is 7.55. The zero-order valence-electron chi connectivity index (χ0n) is 8.08. The van der Waals surface area contributed by atoms with Gasteiger partial charge in [-0.05, 0) is 25.2 Å². The smallest absolute Gasteiger partial charge is 0.121 e. The summed E-state index contributed by atoms with van der Waals surface area (Å²) in [7, 11) is 1.89. The molecule has 0 atom stereocenters. The zero-order valence-corrected chi connectivity index (χ0v) is 10.5. The van der Waals surface area contributed by atoms with Crippen LogP contribution in [-0.2, 0) is 6.54 Å². The van der Waals surface area contributed by atoms with Gasteiger partial charge in [-0.3, -0.25) is 0 Å². The van der Waals surface area contributed by atoms with E-state index in [0.29, 0.717) is 0 Å². The van der Waals surface area contributed by atoms with Crippen LogP contribution in [-0.4, -0.2) is 17.0 Å². The molecule has 0 radical (unpaired) electrons. The Kier molecular flexibility index (Phi) is 5.98. The van der Waals surface area contributed by atoms with Crippen LogP contribution in [0.5, 0.6) is 0 Å². The molecule has 2 aromatic rings. The number of hydrogen-bond acceptors (Lipinski definition) is 2. The standard InChI is InChI=1S/C9H10ClN3.2ClH/c1-11-5-9-12-7-3-2-6(10)4-8(7)13-9;;/h2-4,11H,5H2,1H3,(H,12,13);2*1H. The molecule has 15 heavy (non-hydrogen) atoms. The highest BCUT2D eigenvalue weighted by Gasteiger charge is 2.01. The molecule has 0 fully saturated rings. The Labute approximate surface area is 105 Å². The molecule has 6 heteroatoms. The third kappa shape index (κ3) is 3.24. The zero-order chi connectivity index (χ0) is 9.26. The third-order valence-corrected chi connectivity index (χ3v) is 2.07. The molecule has 0 saturated carbocycles. The molecule has 0 aliphatic carbocycles. The summed E-state index contributed by atoms with van der Waals surface area (Å²) >= 11 is 5.84. The van der Waals surface area contributed by atoms with Crippen LogP contribution >= 0.6 is 36.4 Å². The second kappa shape index (κ2) is 6.18.